The SMILES string of the molecule is Cc1ccccc1NC(=O)c1cccc(NC(=O)[C@@H]2CCCC[C@H]2C(=O)O)c1. The third-order valence-electron chi connectivity index (χ3n) is 5.21. The zero-order chi connectivity index (χ0) is 20.1. The summed E-state index contributed by atoms with van der Waals surface area (Å²) < 4.78 is 0. The lowest BCUT2D eigenvalue weighted by Crippen LogP contribution is -2.36. The minimum absolute atomic E-state index is 0.272. The van der Waals surface area contributed by atoms with E-state index in [-0.39, 0.29) is 11.8 Å². The van der Waals surface area contributed by atoms with E-state index < -0.39 is 17.8 Å². The number of carboxylic acid groups (broad SMARTS) is 1. The summed E-state index contributed by atoms with van der Waals surface area (Å²) in [6.45, 7) is 1.91. The minimum atomic E-state index is -0.925. The number of carboxylic acids is 1. The number of aryl methyl sites for hydroxylation is 1. The highest BCUT2D eigenvalue weighted by molar-refractivity contribution is 6.05. The fourth-order valence-corrected chi connectivity index (χ4v) is 3.62. The molecular formula is C22H24N2O4. The van der Waals surface area contributed by atoms with E-state index >= 15 is 0 Å². The molecule has 2 aromatic rings. The molecule has 0 aliphatic heterocycles. The number of benzene rings is 2. The molecule has 3 rings (SSSR count). The van der Waals surface area contributed by atoms with Gasteiger partial charge in [0.2, 0.25) is 5.91 Å². The first-order valence-electron chi connectivity index (χ1n) is 9.46. The van der Waals surface area contributed by atoms with Gasteiger partial charge < -0.3 is 15.7 Å². The van der Waals surface area contributed by atoms with Crippen LogP contribution in [0.1, 0.15) is 41.6 Å². The molecule has 6 nitrogen and oxygen atoms in total. The molecule has 0 radical (unpaired) electrons. The molecule has 0 bridgehead atoms. The number of carbonyl (C=O) groups excluding carboxylic acids is 2. The average molecular weight is 380 g/mol. The molecule has 3 N–H and O–H groups in total. The van der Waals surface area contributed by atoms with E-state index in [2.05, 4.69) is 10.6 Å². The summed E-state index contributed by atoms with van der Waals surface area (Å²) in [5.74, 6) is -2.70. The molecule has 2 atom stereocenters. The molecule has 0 unspecified atom stereocenters. The van der Waals surface area contributed by atoms with Crippen LogP contribution in [0.15, 0.2) is 48.5 Å². The number of carbonyl (C=O) groups is 3. The molecule has 6 heteroatoms. The van der Waals surface area contributed by atoms with Crippen LogP contribution in [0.5, 0.6) is 0 Å². The van der Waals surface area contributed by atoms with E-state index in [1.165, 1.54) is 0 Å². The predicted molar refractivity (Wildman–Crippen MR) is 107 cm³/mol. The Hall–Kier alpha value is -3.15. The van der Waals surface area contributed by atoms with Crippen molar-refractivity contribution in [3.63, 3.8) is 0 Å². The largest absolute Gasteiger partial charge is 0.481 e. The van der Waals surface area contributed by atoms with Crippen molar-refractivity contribution in [3.8, 4) is 0 Å². The Morgan fingerprint density at radius 3 is 2.36 bits per heavy atom. The van der Waals surface area contributed by atoms with Crippen molar-refractivity contribution in [2.75, 3.05) is 10.6 Å². The van der Waals surface area contributed by atoms with Crippen LogP contribution >= 0.6 is 0 Å². The molecule has 2 amide bonds. The third kappa shape index (κ3) is 4.57. The van der Waals surface area contributed by atoms with Gasteiger partial charge in [-0.2, -0.15) is 0 Å². The second-order valence-electron chi connectivity index (χ2n) is 7.17. The van der Waals surface area contributed by atoms with E-state index in [4.69, 9.17) is 0 Å². The van der Waals surface area contributed by atoms with Crippen LogP contribution in [0.4, 0.5) is 11.4 Å². The summed E-state index contributed by atoms with van der Waals surface area (Å²) in [6.07, 6.45) is 2.76. The average Bonchev–Trinajstić information content (AvgIpc) is 2.70. The molecule has 1 aliphatic carbocycles. The van der Waals surface area contributed by atoms with Gasteiger partial charge in [0, 0.05) is 16.9 Å². The summed E-state index contributed by atoms with van der Waals surface area (Å²) in [6, 6.07) is 14.1. The van der Waals surface area contributed by atoms with E-state index in [1.807, 2.05) is 31.2 Å². The van der Waals surface area contributed by atoms with Gasteiger partial charge in [0.25, 0.3) is 5.91 Å². The Bertz CT molecular complexity index is 894. The van der Waals surface area contributed by atoms with Gasteiger partial charge in [0.05, 0.1) is 11.8 Å². The number of hydrogen-bond acceptors (Lipinski definition) is 3. The number of nitrogens with one attached hydrogen (secondary N) is 2. The molecule has 1 fully saturated rings. The van der Waals surface area contributed by atoms with Crippen molar-refractivity contribution in [2.45, 2.75) is 32.6 Å². The maximum Gasteiger partial charge on any atom is 0.307 e. The number of amides is 2. The monoisotopic (exact) mass is 380 g/mol. The van der Waals surface area contributed by atoms with E-state index in [9.17, 15) is 19.5 Å². The number of aliphatic carboxylic acids is 1. The Morgan fingerprint density at radius 1 is 0.929 bits per heavy atom. The van der Waals surface area contributed by atoms with Crippen molar-refractivity contribution in [3.05, 3.63) is 59.7 Å². The van der Waals surface area contributed by atoms with Crippen LogP contribution in [-0.4, -0.2) is 22.9 Å². The molecule has 0 spiro atoms. The van der Waals surface area contributed by atoms with Crippen molar-refractivity contribution in [1.29, 1.82) is 0 Å². The van der Waals surface area contributed by atoms with Crippen LogP contribution < -0.4 is 10.6 Å². The first-order valence-corrected chi connectivity index (χ1v) is 9.46. The molecule has 146 valence electrons. The maximum atomic E-state index is 12.6. The Labute approximate surface area is 164 Å². The summed E-state index contributed by atoms with van der Waals surface area (Å²) in [7, 11) is 0. The Morgan fingerprint density at radius 2 is 1.64 bits per heavy atom. The minimum Gasteiger partial charge on any atom is -0.481 e. The Balaban J connectivity index is 1.70. The van der Waals surface area contributed by atoms with E-state index in [1.54, 1.807) is 24.3 Å². The zero-order valence-electron chi connectivity index (χ0n) is 15.8. The number of anilines is 2. The molecule has 0 saturated heterocycles. The van der Waals surface area contributed by atoms with Gasteiger partial charge in [0.1, 0.15) is 0 Å². The van der Waals surface area contributed by atoms with Crippen molar-refractivity contribution in [1.82, 2.24) is 0 Å². The summed E-state index contributed by atoms with van der Waals surface area (Å²) in [5, 5.41) is 15.0. The first-order chi connectivity index (χ1) is 13.5. The fourth-order valence-electron chi connectivity index (χ4n) is 3.62. The van der Waals surface area contributed by atoms with Crippen molar-refractivity contribution in [2.24, 2.45) is 11.8 Å². The summed E-state index contributed by atoms with van der Waals surface area (Å²) in [5.41, 5.74) is 2.59. The molecule has 2 aromatic carbocycles. The van der Waals surface area contributed by atoms with E-state index in [0.717, 1.165) is 24.1 Å². The van der Waals surface area contributed by atoms with Gasteiger partial charge in [-0.1, -0.05) is 37.1 Å². The van der Waals surface area contributed by atoms with Crippen LogP contribution in [0.25, 0.3) is 0 Å². The van der Waals surface area contributed by atoms with Crippen LogP contribution in [0, 0.1) is 18.8 Å². The lowest BCUT2D eigenvalue weighted by Gasteiger charge is -2.27. The third-order valence-corrected chi connectivity index (χ3v) is 5.21. The molecule has 1 saturated carbocycles. The molecule has 1 aliphatic rings. The van der Waals surface area contributed by atoms with Crippen molar-refractivity contribution >= 4 is 29.2 Å². The normalized spacial score (nSPS) is 18.9. The standard InChI is InChI=1S/C22H24N2O4/c1-14-7-2-5-12-19(14)24-20(25)15-8-6-9-16(13-15)23-21(26)17-10-3-4-11-18(17)22(27)28/h2,5-9,12-13,17-18H,3-4,10-11H2,1H3,(H,23,26)(H,24,25)(H,27,28)/t17-,18-/m1/s1. The lowest BCUT2D eigenvalue weighted by molar-refractivity contribution is -0.147. The van der Waals surface area contributed by atoms with Gasteiger partial charge in [-0.3, -0.25) is 14.4 Å². The highest BCUT2D eigenvalue weighted by Gasteiger charge is 2.35. The fraction of sp³-hybridized carbons (Fsp3) is 0.318. The zero-order valence-corrected chi connectivity index (χ0v) is 15.8. The second kappa shape index (κ2) is 8.69. The van der Waals surface area contributed by atoms with Crippen LogP contribution in [0.3, 0.4) is 0 Å². The highest BCUT2D eigenvalue weighted by atomic mass is 16.4. The lowest BCUT2D eigenvalue weighted by atomic mass is 9.78. The smallest absolute Gasteiger partial charge is 0.307 e. The van der Waals surface area contributed by atoms with Crippen LogP contribution in [-0.2, 0) is 9.59 Å². The summed E-state index contributed by atoms with van der Waals surface area (Å²) >= 11 is 0. The van der Waals surface area contributed by atoms with E-state index in [0.29, 0.717) is 24.1 Å². The molecule has 0 heterocycles. The quantitative estimate of drug-likeness (QED) is 0.728. The molecular weight excluding hydrogens is 356 g/mol. The first kappa shape index (κ1) is 19.6. The number of para-hydroxylation sites is 1. The molecule has 0 aromatic heterocycles. The van der Waals surface area contributed by atoms with Crippen LogP contribution in [0.2, 0.25) is 0 Å². The van der Waals surface area contributed by atoms with Gasteiger partial charge in [-0.15, -0.1) is 0 Å². The number of hydrogen-bond donors (Lipinski definition) is 3. The van der Waals surface area contributed by atoms with Crippen molar-refractivity contribution < 1.29 is 19.5 Å². The predicted octanol–water partition coefficient (Wildman–Crippen LogP) is 4.08. The molecule has 28 heavy (non-hydrogen) atoms. The topological polar surface area (TPSA) is 95.5 Å². The van der Waals surface area contributed by atoms with Gasteiger partial charge >= 0.3 is 5.97 Å². The maximum absolute atomic E-state index is 12.6. The van der Waals surface area contributed by atoms with Gasteiger partial charge in [-0.05, 0) is 49.6 Å². The highest BCUT2D eigenvalue weighted by Crippen LogP contribution is 2.31. The number of rotatable bonds is 5. The summed E-state index contributed by atoms with van der Waals surface area (Å²) in [4.78, 5) is 36.6. The Kier molecular flexibility index (Phi) is 6.09. The van der Waals surface area contributed by atoms with Gasteiger partial charge in [0.15, 0.2) is 0 Å². The second-order valence-corrected chi connectivity index (χ2v) is 7.17. The van der Waals surface area contributed by atoms with Gasteiger partial charge in [-0.25, -0.2) is 0 Å².